The first-order valence-electron chi connectivity index (χ1n) is 5.53. The lowest BCUT2D eigenvalue weighted by Gasteiger charge is -2.30. The third-order valence-corrected chi connectivity index (χ3v) is 7.08. The molecule has 0 aliphatic carbocycles. The lowest BCUT2D eigenvalue weighted by molar-refractivity contribution is 0.111. The molecule has 1 aliphatic rings. The summed E-state index contributed by atoms with van der Waals surface area (Å²) in [5.41, 5.74) is 0. The summed E-state index contributed by atoms with van der Waals surface area (Å²) in [6, 6.07) is 0. The van der Waals surface area contributed by atoms with Gasteiger partial charge in [0.15, 0.2) is 0 Å². The number of likely N-dealkylation sites (tertiary alicyclic amines) is 1. The van der Waals surface area contributed by atoms with E-state index in [1.165, 1.54) is 0 Å². The third kappa shape index (κ3) is 3.40. The molecular formula is C8H19NO7P2. The van der Waals surface area contributed by atoms with E-state index in [4.69, 9.17) is 19.6 Å². The summed E-state index contributed by atoms with van der Waals surface area (Å²) in [6.45, 7) is 3.44. The summed E-state index contributed by atoms with van der Waals surface area (Å²) in [4.78, 5) is 37.6. The average molecular weight is 303 g/mol. The van der Waals surface area contributed by atoms with Crippen LogP contribution in [0.5, 0.6) is 0 Å². The van der Waals surface area contributed by atoms with Crippen molar-refractivity contribution in [2.45, 2.75) is 24.8 Å². The van der Waals surface area contributed by atoms with Gasteiger partial charge >= 0.3 is 15.2 Å². The van der Waals surface area contributed by atoms with Crippen LogP contribution >= 0.6 is 15.2 Å². The Labute approximate surface area is 105 Å². The van der Waals surface area contributed by atoms with E-state index in [1.54, 1.807) is 0 Å². The molecule has 1 fully saturated rings. The molecule has 1 saturated heterocycles. The molecule has 1 unspecified atom stereocenters. The van der Waals surface area contributed by atoms with E-state index in [0.717, 1.165) is 6.42 Å². The van der Waals surface area contributed by atoms with Crippen LogP contribution in [0.2, 0.25) is 0 Å². The van der Waals surface area contributed by atoms with Crippen molar-refractivity contribution in [2.75, 3.05) is 19.6 Å². The van der Waals surface area contributed by atoms with Gasteiger partial charge < -0.3 is 29.6 Å². The molecule has 10 heteroatoms. The van der Waals surface area contributed by atoms with E-state index < -0.39 is 26.7 Å². The molecule has 18 heavy (non-hydrogen) atoms. The summed E-state index contributed by atoms with van der Waals surface area (Å²) in [6.07, 6.45) is 0.262. The van der Waals surface area contributed by atoms with Crippen molar-refractivity contribution in [2.24, 2.45) is 5.92 Å². The topological polar surface area (TPSA) is 139 Å². The summed E-state index contributed by atoms with van der Waals surface area (Å²) < 4.78 is 22.2. The fourth-order valence-corrected chi connectivity index (χ4v) is 4.14. The highest BCUT2D eigenvalue weighted by molar-refractivity contribution is 7.72. The predicted molar refractivity (Wildman–Crippen MR) is 63.9 cm³/mol. The molecule has 108 valence electrons. The second-order valence-electron chi connectivity index (χ2n) is 4.81. The second-order valence-corrected chi connectivity index (χ2v) is 8.82. The van der Waals surface area contributed by atoms with Crippen LogP contribution < -0.4 is 0 Å². The van der Waals surface area contributed by atoms with Gasteiger partial charge in [0.2, 0.25) is 0 Å². The fraction of sp³-hybridized carbons (Fsp3) is 1.00. The molecule has 0 bridgehead atoms. The molecule has 1 atom stereocenters. The van der Waals surface area contributed by atoms with Crippen LogP contribution in [0.1, 0.15) is 19.8 Å². The lowest BCUT2D eigenvalue weighted by Crippen LogP contribution is -2.34. The summed E-state index contributed by atoms with van der Waals surface area (Å²) in [5.74, 6) is 0.434. The Bertz CT molecular complexity index is 367. The average Bonchev–Trinajstić information content (AvgIpc) is 2.57. The summed E-state index contributed by atoms with van der Waals surface area (Å²) in [5, 5.41) is 6.37. The molecule has 0 aromatic carbocycles. The van der Waals surface area contributed by atoms with Crippen LogP contribution in [-0.2, 0) is 9.13 Å². The highest BCUT2D eigenvalue weighted by Crippen LogP contribution is 2.68. The van der Waals surface area contributed by atoms with Crippen molar-refractivity contribution in [1.82, 2.24) is 4.90 Å². The van der Waals surface area contributed by atoms with Crippen molar-refractivity contribution in [1.29, 1.82) is 0 Å². The van der Waals surface area contributed by atoms with Crippen molar-refractivity contribution in [3.05, 3.63) is 0 Å². The zero-order valence-corrected chi connectivity index (χ0v) is 11.8. The maximum absolute atomic E-state index is 11.1. The van der Waals surface area contributed by atoms with E-state index in [0.29, 0.717) is 19.0 Å². The quantitative estimate of drug-likeness (QED) is 0.437. The Balaban J connectivity index is 2.76. The first-order valence-corrected chi connectivity index (χ1v) is 8.76. The zero-order valence-electron chi connectivity index (χ0n) is 10.0. The van der Waals surface area contributed by atoms with E-state index in [2.05, 4.69) is 0 Å². The van der Waals surface area contributed by atoms with Crippen molar-refractivity contribution >= 4 is 15.2 Å². The fourth-order valence-electron chi connectivity index (χ4n) is 2.00. The van der Waals surface area contributed by atoms with E-state index >= 15 is 0 Å². The van der Waals surface area contributed by atoms with Gasteiger partial charge in [0, 0.05) is 19.5 Å². The molecule has 8 nitrogen and oxygen atoms in total. The van der Waals surface area contributed by atoms with E-state index in [1.807, 2.05) is 11.8 Å². The first kappa shape index (κ1) is 16.3. The Morgan fingerprint density at radius 1 is 1.22 bits per heavy atom. The Morgan fingerprint density at radius 2 is 1.72 bits per heavy atom. The second kappa shape index (κ2) is 5.31. The Kier molecular flexibility index (Phi) is 4.80. The van der Waals surface area contributed by atoms with Crippen LogP contribution in [0, 0.1) is 5.92 Å². The zero-order chi connectivity index (χ0) is 14.2. The third-order valence-electron chi connectivity index (χ3n) is 3.20. The monoisotopic (exact) mass is 303 g/mol. The van der Waals surface area contributed by atoms with Crippen molar-refractivity contribution in [3.8, 4) is 0 Å². The maximum Gasteiger partial charge on any atom is 0.369 e. The number of nitrogens with zero attached hydrogens (tertiary/aromatic N) is 1. The SMILES string of the molecule is CC1CCN(CCC(O)(P(=O)(O)O)P(=O)(O)O)C1. The van der Waals surface area contributed by atoms with Crippen LogP contribution in [0.25, 0.3) is 0 Å². The van der Waals surface area contributed by atoms with Gasteiger partial charge in [-0.05, 0) is 18.9 Å². The lowest BCUT2D eigenvalue weighted by atomic mass is 10.2. The number of hydrogen-bond donors (Lipinski definition) is 5. The molecule has 0 spiro atoms. The highest BCUT2D eigenvalue weighted by atomic mass is 31.2. The predicted octanol–water partition coefficient (Wildman–Crippen LogP) is -0.280. The molecule has 0 saturated carbocycles. The van der Waals surface area contributed by atoms with Gasteiger partial charge in [-0.1, -0.05) is 6.92 Å². The van der Waals surface area contributed by atoms with Gasteiger partial charge in [0.1, 0.15) is 0 Å². The molecule has 0 amide bonds. The van der Waals surface area contributed by atoms with E-state index in [-0.39, 0.29) is 6.54 Å². The number of rotatable bonds is 5. The highest BCUT2D eigenvalue weighted by Gasteiger charge is 2.59. The normalized spacial score (nSPS) is 23.6. The minimum atomic E-state index is -5.32. The molecule has 1 aliphatic heterocycles. The number of hydrogen-bond acceptors (Lipinski definition) is 4. The molecule has 0 aromatic rings. The number of aliphatic hydroxyl groups is 1. The molecular weight excluding hydrogens is 284 g/mol. The van der Waals surface area contributed by atoms with Crippen LogP contribution in [0.4, 0.5) is 0 Å². The maximum atomic E-state index is 11.1. The Hall–Kier alpha value is 0.220. The van der Waals surface area contributed by atoms with Gasteiger partial charge in [-0.3, -0.25) is 9.13 Å². The molecule has 1 heterocycles. The molecule has 0 aromatic heterocycles. The smallest absolute Gasteiger partial charge is 0.367 e. The van der Waals surface area contributed by atoms with Crippen molar-refractivity contribution in [3.63, 3.8) is 0 Å². The van der Waals surface area contributed by atoms with Crippen molar-refractivity contribution < 1.29 is 33.8 Å². The standard InChI is InChI=1S/C8H19NO7P2/c1-7-2-4-9(6-7)5-3-8(10,17(11,12)13)18(14,15)16/h7,10H,2-6H2,1H3,(H2,11,12,13)(H2,14,15,16). The van der Waals surface area contributed by atoms with E-state index in [9.17, 15) is 14.2 Å². The summed E-state index contributed by atoms with van der Waals surface area (Å²) in [7, 11) is -10.6. The molecule has 1 rings (SSSR count). The van der Waals surface area contributed by atoms with Gasteiger partial charge in [0.25, 0.3) is 5.08 Å². The first-order chi connectivity index (χ1) is 7.97. The largest absolute Gasteiger partial charge is 0.369 e. The minimum Gasteiger partial charge on any atom is -0.367 e. The van der Waals surface area contributed by atoms with Gasteiger partial charge in [-0.2, -0.15) is 0 Å². The van der Waals surface area contributed by atoms with Crippen LogP contribution in [0.3, 0.4) is 0 Å². The van der Waals surface area contributed by atoms with Crippen LogP contribution in [-0.4, -0.2) is 54.3 Å². The van der Waals surface area contributed by atoms with Gasteiger partial charge in [0.05, 0.1) is 0 Å². The molecule has 0 radical (unpaired) electrons. The van der Waals surface area contributed by atoms with Gasteiger partial charge in [-0.15, -0.1) is 0 Å². The summed E-state index contributed by atoms with van der Waals surface area (Å²) >= 11 is 0. The van der Waals surface area contributed by atoms with Gasteiger partial charge in [-0.25, -0.2) is 0 Å². The minimum absolute atomic E-state index is 0.0388. The molecule has 5 N–H and O–H groups in total. The van der Waals surface area contributed by atoms with Crippen LogP contribution in [0.15, 0.2) is 0 Å². The Morgan fingerprint density at radius 3 is 2.06 bits per heavy atom.